The number of benzene rings is 2. The molecule has 1 aromatic heterocycles. The number of para-hydroxylation sites is 1. The van der Waals surface area contributed by atoms with Gasteiger partial charge in [0.1, 0.15) is 17.6 Å². The van der Waals surface area contributed by atoms with Crippen molar-refractivity contribution in [2.75, 3.05) is 34.8 Å². The number of carbonyl (C=O) groups is 2. The number of hydrogen-bond acceptors (Lipinski definition) is 6. The number of aromatic nitrogens is 2. The van der Waals surface area contributed by atoms with E-state index < -0.39 is 0 Å². The molecule has 1 atom stereocenters. The number of hydrogen-bond donors (Lipinski definition) is 1. The average Bonchev–Trinajstić information content (AvgIpc) is 2.88. The fourth-order valence-electron chi connectivity index (χ4n) is 4.64. The second-order valence-corrected chi connectivity index (χ2v) is 9.16. The number of anilines is 3. The molecule has 2 aromatic carbocycles. The van der Waals surface area contributed by atoms with Crippen molar-refractivity contribution in [3.8, 4) is 16.9 Å². The molecule has 35 heavy (non-hydrogen) atoms. The van der Waals surface area contributed by atoms with Gasteiger partial charge in [0.15, 0.2) is 0 Å². The third kappa shape index (κ3) is 4.96. The zero-order chi connectivity index (χ0) is 24.4. The normalized spacial score (nSPS) is 17.9. The van der Waals surface area contributed by atoms with Crippen LogP contribution in [-0.4, -0.2) is 47.5 Å². The molecule has 1 unspecified atom stereocenters. The van der Waals surface area contributed by atoms with Crippen LogP contribution >= 0.6 is 0 Å². The first-order chi connectivity index (χ1) is 17.0. The van der Waals surface area contributed by atoms with E-state index in [-0.39, 0.29) is 23.8 Å². The first-order valence-corrected chi connectivity index (χ1v) is 12.0. The highest BCUT2D eigenvalue weighted by molar-refractivity contribution is 6.03. The lowest BCUT2D eigenvalue weighted by Crippen LogP contribution is -2.44. The van der Waals surface area contributed by atoms with Crippen molar-refractivity contribution < 1.29 is 14.3 Å². The van der Waals surface area contributed by atoms with Gasteiger partial charge < -0.3 is 15.0 Å². The standard InChI is InChI=1S/C27H29N5O3/c1-18-17-32(27(34)30-23-6-4-3-5-7-23)24-9-8-21(14-25(24)35-18)22-15-28-26(29-16-22)31-12-10-20(11-13-31)19(2)33/h3-9,14-16,18,20H,10-13,17H2,1-2H3,(H,30,34). The number of urea groups is 1. The second-order valence-electron chi connectivity index (χ2n) is 9.16. The number of nitrogens with one attached hydrogen (secondary N) is 1. The van der Waals surface area contributed by atoms with Crippen LogP contribution in [0.3, 0.4) is 0 Å². The molecule has 5 rings (SSSR count). The van der Waals surface area contributed by atoms with Gasteiger partial charge in [-0.05, 0) is 56.5 Å². The van der Waals surface area contributed by atoms with E-state index in [0.717, 1.165) is 48.4 Å². The van der Waals surface area contributed by atoms with Crippen molar-refractivity contribution in [1.29, 1.82) is 0 Å². The van der Waals surface area contributed by atoms with Crippen LogP contribution in [0.5, 0.6) is 5.75 Å². The Hall–Kier alpha value is -3.94. The number of ketones is 1. The van der Waals surface area contributed by atoms with Crippen molar-refractivity contribution >= 4 is 29.1 Å². The van der Waals surface area contributed by atoms with Crippen molar-refractivity contribution in [3.63, 3.8) is 0 Å². The summed E-state index contributed by atoms with van der Waals surface area (Å²) in [5.74, 6) is 1.75. The van der Waals surface area contributed by atoms with Crippen LogP contribution in [-0.2, 0) is 4.79 Å². The maximum atomic E-state index is 13.0. The minimum absolute atomic E-state index is 0.143. The van der Waals surface area contributed by atoms with E-state index in [2.05, 4.69) is 20.2 Å². The van der Waals surface area contributed by atoms with E-state index in [4.69, 9.17) is 4.74 Å². The van der Waals surface area contributed by atoms with E-state index in [1.54, 1.807) is 11.8 Å². The molecule has 3 aromatic rings. The Kier molecular flexibility index (Phi) is 6.35. The number of piperidine rings is 1. The quantitative estimate of drug-likeness (QED) is 0.590. The highest BCUT2D eigenvalue weighted by Crippen LogP contribution is 2.37. The molecule has 0 spiro atoms. The molecule has 180 valence electrons. The third-order valence-corrected chi connectivity index (χ3v) is 6.61. The second kappa shape index (κ2) is 9.74. The molecule has 1 saturated heterocycles. The molecule has 2 aliphatic heterocycles. The number of ether oxygens (including phenoxy) is 1. The molecule has 0 bridgehead atoms. The maximum Gasteiger partial charge on any atom is 0.326 e. The van der Waals surface area contributed by atoms with Gasteiger partial charge in [-0.15, -0.1) is 0 Å². The molecule has 3 heterocycles. The number of Topliss-reactive ketones (excluding diaryl/α,β-unsaturated/α-hetero) is 1. The summed E-state index contributed by atoms with van der Waals surface area (Å²) in [5.41, 5.74) is 3.27. The van der Waals surface area contributed by atoms with E-state index in [1.165, 1.54) is 0 Å². The zero-order valence-corrected chi connectivity index (χ0v) is 20.0. The number of carbonyl (C=O) groups excluding carboxylic acids is 2. The topological polar surface area (TPSA) is 87.7 Å². The molecular weight excluding hydrogens is 442 g/mol. The number of rotatable bonds is 4. The third-order valence-electron chi connectivity index (χ3n) is 6.61. The lowest BCUT2D eigenvalue weighted by molar-refractivity contribution is -0.121. The van der Waals surface area contributed by atoms with Gasteiger partial charge in [-0.1, -0.05) is 24.3 Å². The summed E-state index contributed by atoms with van der Waals surface area (Å²) in [6, 6.07) is 15.0. The lowest BCUT2D eigenvalue weighted by Gasteiger charge is -2.33. The molecule has 0 aliphatic carbocycles. The summed E-state index contributed by atoms with van der Waals surface area (Å²) < 4.78 is 6.07. The van der Waals surface area contributed by atoms with Crippen LogP contribution in [0, 0.1) is 5.92 Å². The number of nitrogens with zero attached hydrogens (tertiary/aromatic N) is 4. The monoisotopic (exact) mass is 471 g/mol. The molecule has 1 fully saturated rings. The van der Waals surface area contributed by atoms with Gasteiger partial charge >= 0.3 is 6.03 Å². The Balaban J connectivity index is 1.32. The Bertz CT molecular complexity index is 1210. The lowest BCUT2D eigenvalue weighted by atomic mass is 9.93. The van der Waals surface area contributed by atoms with Crippen LogP contribution in [0.1, 0.15) is 26.7 Å². The van der Waals surface area contributed by atoms with E-state index in [9.17, 15) is 9.59 Å². The van der Waals surface area contributed by atoms with Crippen LogP contribution in [0.4, 0.5) is 22.1 Å². The van der Waals surface area contributed by atoms with Crippen LogP contribution in [0.2, 0.25) is 0 Å². The van der Waals surface area contributed by atoms with E-state index >= 15 is 0 Å². The maximum absolute atomic E-state index is 13.0. The van der Waals surface area contributed by atoms with Gasteiger partial charge in [0.05, 0.1) is 12.2 Å². The first-order valence-electron chi connectivity index (χ1n) is 12.0. The average molecular weight is 472 g/mol. The Morgan fingerprint density at radius 1 is 1.00 bits per heavy atom. The molecule has 1 N–H and O–H groups in total. The summed E-state index contributed by atoms with van der Waals surface area (Å²) in [7, 11) is 0. The van der Waals surface area contributed by atoms with Crippen LogP contribution in [0.25, 0.3) is 11.1 Å². The van der Waals surface area contributed by atoms with Crippen molar-refractivity contribution in [2.24, 2.45) is 5.92 Å². The van der Waals surface area contributed by atoms with Gasteiger partial charge in [-0.2, -0.15) is 0 Å². The minimum atomic E-state index is -0.193. The molecule has 0 saturated carbocycles. The fraction of sp³-hybridized carbons (Fsp3) is 0.333. The largest absolute Gasteiger partial charge is 0.487 e. The highest BCUT2D eigenvalue weighted by Gasteiger charge is 2.28. The van der Waals surface area contributed by atoms with Gasteiger partial charge in [0, 0.05) is 42.7 Å². The molecule has 8 heteroatoms. The smallest absolute Gasteiger partial charge is 0.326 e. The van der Waals surface area contributed by atoms with Crippen molar-refractivity contribution in [3.05, 3.63) is 60.9 Å². The van der Waals surface area contributed by atoms with Crippen molar-refractivity contribution in [1.82, 2.24) is 9.97 Å². The summed E-state index contributed by atoms with van der Waals surface area (Å²) >= 11 is 0. The highest BCUT2D eigenvalue weighted by atomic mass is 16.5. The molecule has 2 aliphatic rings. The Morgan fingerprint density at radius 2 is 1.71 bits per heavy atom. The summed E-state index contributed by atoms with van der Waals surface area (Å²) in [4.78, 5) is 37.6. The Morgan fingerprint density at radius 3 is 2.40 bits per heavy atom. The summed E-state index contributed by atoms with van der Waals surface area (Å²) in [6.45, 7) is 5.66. The Labute approximate surface area is 204 Å². The zero-order valence-electron chi connectivity index (χ0n) is 20.0. The molecular formula is C27H29N5O3. The SMILES string of the molecule is CC(=O)C1CCN(c2ncc(-c3ccc4c(c3)OC(C)CN4C(=O)Nc3ccccc3)cn2)CC1. The van der Waals surface area contributed by atoms with E-state index in [1.807, 2.05) is 67.8 Å². The van der Waals surface area contributed by atoms with Gasteiger partial charge in [0.2, 0.25) is 5.95 Å². The first kappa shape index (κ1) is 22.8. The van der Waals surface area contributed by atoms with Gasteiger partial charge in [-0.25, -0.2) is 14.8 Å². The summed E-state index contributed by atoms with van der Waals surface area (Å²) in [5, 5.41) is 2.95. The molecule has 2 amide bonds. The van der Waals surface area contributed by atoms with Crippen molar-refractivity contribution in [2.45, 2.75) is 32.8 Å². The number of amides is 2. The predicted molar refractivity (Wildman–Crippen MR) is 136 cm³/mol. The summed E-state index contributed by atoms with van der Waals surface area (Å²) in [6.07, 6.45) is 5.17. The molecule has 0 radical (unpaired) electrons. The van der Waals surface area contributed by atoms with Gasteiger partial charge in [-0.3, -0.25) is 9.69 Å². The molecule has 8 nitrogen and oxygen atoms in total. The van der Waals surface area contributed by atoms with E-state index in [0.29, 0.717) is 18.2 Å². The predicted octanol–water partition coefficient (Wildman–Crippen LogP) is 4.77. The van der Waals surface area contributed by atoms with Gasteiger partial charge in [0.25, 0.3) is 0 Å². The van der Waals surface area contributed by atoms with Crippen LogP contribution < -0.4 is 19.9 Å². The minimum Gasteiger partial charge on any atom is -0.487 e. The fourth-order valence-corrected chi connectivity index (χ4v) is 4.64. The van der Waals surface area contributed by atoms with Crippen LogP contribution in [0.15, 0.2) is 60.9 Å². The number of fused-ring (bicyclic) bond motifs is 1.